The Morgan fingerprint density at radius 2 is 1.95 bits per heavy atom. The zero-order chi connectivity index (χ0) is 15.5. The average molecular weight is 321 g/mol. The number of alkyl halides is 3. The summed E-state index contributed by atoms with van der Waals surface area (Å²) in [4.78, 5) is 11.9. The van der Waals surface area contributed by atoms with Gasteiger partial charge in [-0.3, -0.25) is 4.79 Å². The van der Waals surface area contributed by atoms with Gasteiger partial charge in [-0.2, -0.15) is 13.2 Å². The van der Waals surface area contributed by atoms with Gasteiger partial charge in [0.15, 0.2) is 0 Å². The van der Waals surface area contributed by atoms with Crippen molar-refractivity contribution in [3.8, 4) is 0 Å². The van der Waals surface area contributed by atoms with Gasteiger partial charge < -0.3 is 10.6 Å². The SMILES string of the molecule is O=C(CC1CCNCC1)Nc1cc(Cl)cc(C(F)(F)F)c1. The maximum Gasteiger partial charge on any atom is 0.416 e. The fourth-order valence-electron chi connectivity index (χ4n) is 2.39. The van der Waals surface area contributed by atoms with Crippen LogP contribution in [0.1, 0.15) is 24.8 Å². The van der Waals surface area contributed by atoms with Crippen LogP contribution < -0.4 is 10.6 Å². The summed E-state index contributed by atoms with van der Waals surface area (Å²) in [6.07, 6.45) is -2.37. The summed E-state index contributed by atoms with van der Waals surface area (Å²) in [5.74, 6) is -0.00943. The lowest BCUT2D eigenvalue weighted by Crippen LogP contribution is -2.30. The first-order chi connectivity index (χ1) is 9.84. The third-order valence-corrected chi connectivity index (χ3v) is 3.66. The molecule has 1 amide bonds. The minimum Gasteiger partial charge on any atom is -0.326 e. The lowest BCUT2D eigenvalue weighted by molar-refractivity contribution is -0.137. The molecule has 0 saturated carbocycles. The molecule has 2 N–H and O–H groups in total. The van der Waals surface area contributed by atoms with Gasteiger partial charge >= 0.3 is 6.18 Å². The number of halogens is 4. The van der Waals surface area contributed by atoms with Crippen LogP contribution in [-0.4, -0.2) is 19.0 Å². The summed E-state index contributed by atoms with van der Waals surface area (Å²) in [6, 6.07) is 3.05. The molecule has 1 aromatic rings. The smallest absolute Gasteiger partial charge is 0.326 e. The molecular formula is C14H16ClF3N2O. The Morgan fingerprint density at radius 3 is 2.57 bits per heavy atom. The van der Waals surface area contributed by atoms with E-state index in [4.69, 9.17) is 11.6 Å². The van der Waals surface area contributed by atoms with Crippen LogP contribution in [0, 0.1) is 5.92 Å². The van der Waals surface area contributed by atoms with Crippen LogP contribution in [0.4, 0.5) is 18.9 Å². The number of carbonyl (C=O) groups is 1. The molecular weight excluding hydrogens is 305 g/mol. The molecule has 1 aliphatic heterocycles. The van der Waals surface area contributed by atoms with Crippen molar-refractivity contribution in [2.24, 2.45) is 5.92 Å². The Morgan fingerprint density at radius 1 is 1.29 bits per heavy atom. The monoisotopic (exact) mass is 320 g/mol. The topological polar surface area (TPSA) is 41.1 Å². The van der Waals surface area contributed by atoms with Gasteiger partial charge in [0.05, 0.1) is 5.56 Å². The highest BCUT2D eigenvalue weighted by atomic mass is 35.5. The number of amides is 1. The van der Waals surface area contributed by atoms with Gasteiger partial charge in [-0.25, -0.2) is 0 Å². The Labute approximate surface area is 125 Å². The zero-order valence-electron chi connectivity index (χ0n) is 11.3. The molecule has 2 rings (SSSR count). The summed E-state index contributed by atoms with van der Waals surface area (Å²) in [6.45, 7) is 1.74. The van der Waals surface area contributed by atoms with E-state index in [-0.39, 0.29) is 22.5 Å². The molecule has 1 saturated heterocycles. The highest BCUT2D eigenvalue weighted by Crippen LogP contribution is 2.33. The number of benzene rings is 1. The normalized spacial score (nSPS) is 16.8. The minimum absolute atomic E-state index is 0.0537. The van der Waals surface area contributed by atoms with Gasteiger partial charge in [0.25, 0.3) is 0 Å². The Hall–Kier alpha value is -1.27. The number of anilines is 1. The van der Waals surface area contributed by atoms with E-state index in [0.29, 0.717) is 6.42 Å². The minimum atomic E-state index is -4.49. The van der Waals surface area contributed by atoms with Gasteiger partial charge in [-0.05, 0) is 50.0 Å². The van der Waals surface area contributed by atoms with Crippen molar-refractivity contribution in [3.63, 3.8) is 0 Å². The van der Waals surface area contributed by atoms with Crippen molar-refractivity contribution in [1.82, 2.24) is 5.32 Å². The van der Waals surface area contributed by atoms with Crippen molar-refractivity contribution in [2.75, 3.05) is 18.4 Å². The molecule has 0 atom stereocenters. The summed E-state index contributed by atoms with van der Waals surface area (Å²) >= 11 is 5.67. The van der Waals surface area contributed by atoms with Crippen molar-refractivity contribution < 1.29 is 18.0 Å². The summed E-state index contributed by atoms with van der Waals surface area (Å²) in [5, 5.41) is 5.64. The molecule has 0 aromatic heterocycles. The molecule has 1 fully saturated rings. The van der Waals surface area contributed by atoms with Crippen molar-refractivity contribution >= 4 is 23.2 Å². The van der Waals surface area contributed by atoms with Gasteiger partial charge in [-0.15, -0.1) is 0 Å². The maximum atomic E-state index is 12.7. The summed E-state index contributed by atoms with van der Waals surface area (Å²) < 4.78 is 38.0. The maximum absolute atomic E-state index is 12.7. The van der Waals surface area contributed by atoms with E-state index in [1.165, 1.54) is 6.07 Å². The lowest BCUT2D eigenvalue weighted by Gasteiger charge is -2.22. The molecule has 116 valence electrons. The number of carbonyl (C=O) groups excluding carboxylic acids is 1. The van der Waals surface area contributed by atoms with Crippen LogP contribution in [-0.2, 0) is 11.0 Å². The van der Waals surface area contributed by atoms with Gasteiger partial charge in [-0.1, -0.05) is 11.6 Å². The molecule has 0 bridgehead atoms. The van der Waals surface area contributed by atoms with E-state index < -0.39 is 11.7 Å². The van der Waals surface area contributed by atoms with Crippen LogP contribution in [0.25, 0.3) is 0 Å². The third-order valence-electron chi connectivity index (χ3n) is 3.44. The van der Waals surface area contributed by atoms with Gasteiger partial charge in [0.2, 0.25) is 5.91 Å². The number of rotatable bonds is 3. The first-order valence-corrected chi connectivity index (χ1v) is 7.11. The highest BCUT2D eigenvalue weighted by molar-refractivity contribution is 6.31. The third kappa shape index (κ3) is 4.89. The highest BCUT2D eigenvalue weighted by Gasteiger charge is 2.31. The lowest BCUT2D eigenvalue weighted by atomic mass is 9.94. The first kappa shape index (κ1) is 16.1. The van der Waals surface area contributed by atoms with Crippen molar-refractivity contribution in [2.45, 2.75) is 25.4 Å². The zero-order valence-corrected chi connectivity index (χ0v) is 12.0. The predicted molar refractivity (Wildman–Crippen MR) is 75.3 cm³/mol. The fourth-order valence-corrected chi connectivity index (χ4v) is 2.62. The second-order valence-electron chi connectivity index (χ2n) is 5.17. The molecule has 0 radical (unpaired) electrons. The second-order valence-corrected chi connectivity index (χ2v) is 5.61. The average Bonchev–Trinajstić information content (AvgIpc) is 2.37. The molecule has 0 aliphatic carbocycles. The summed E-state index contributed by atoms with van der Waals surface area (Å²) in [5.41, 5.74) is -0.791. The van der Waals surface area contributed by atoms with Gasteiger partial charge in [0, 0.05) is 17.1 Å². The molecule has 21 heavy (non-hydrogen) atoms. The van der Waals surface area contributed by atoms with Crippen LogP contribution in [0.3, 0.4) is 0 Å². The number of hydrogen-bond donors (Lipinski definition) is 2. The molecule has 1 aromatic carbocycles. The molecule has 7 heteroatoms. The number of hydrogen-bond acceptors (Lipinski definition) is 2. The van der Waals surface area contributed by atoms with Crippen molar-refractivity contribution in [3.05, 3.63) is 28.8 Å². The van der Waals surface area contributed by atoms with E-state index in [1.54, 1.807) is 0 Å². The van der Waals surface area contributed by atoms with E-state index in [9.17, 15) is 18.0 Å². The molecule has 1 aliphatic rings. The molecule has 1 heterocycles. The molecule has 3 nitrogen and oxygen atoms in total. The van der Waals surface area contributed by atoms with Crippen LogP contribution in [0.5, 0.6) is 0 Å². The number of piperidine rings is 1. The van der Waals surface area contributed by atoms with E-state index in [1.807, 2.05) is 0 Å². The largest absolute Gasteiger partial charge is 0.416 e. The Balaban J connectivity index is 2.01. The molecule has 0 spiro atoms. The van der Waals surface area contributed by atoms with Crippen LogP contribution >= 0.6 is 11.6 Å². The second kappa shape index (κ2) is 6.66. The number of nitrogens with one attached hydrogen (secondary N) is 2. The first-order valence-electron chi connectivity index (χ1n) is 6.73. The van der Waals surface area contributed by atoms with Gasteiger partial charge in [0.1, 0.15) is 0 Å². The fraction of sp³-hybridized carbons (Fsp3) is 0.500. The molecule has 0 unspecified atom stereocenters. The summed E-state index contributed by atoms with van der Waals surface area (Å²) in [7, 11) is 0. The van der Waals surface area contributed by atoms with E-state index >= 15 is 0 Å². The van der Waals surface area contributed by atoms with E-state index in [0.717, 1.165) is 38.1 Å². The standard InChI is InChI=1S/C14H16ClF3N2O/c15-11-6-10(14(16,17)18)7-12(8-11)20-13(21)5-9-1-3-19-4-2-9/h6-9,19H,1-5H2,(H,20,21). The van der Waals surface area contributed by atoms with Crippen molar-refractivity contribution in [1.29, 1.82) is 0 Å². The Bertz CT molecular complexity index is 513. The predicted octanol–water partition coefficient (Wildman–Crippen LogP) is 3.69. The Kier molecular flexibility index (Phi) is 5.11. The van der Waals surface area contributed by atoms with E-state index in [2.05, 4.69) is 10.6 Å². The van der Waals surface area contributed by atoms with Crippen LogP contribution in [0.2, 0.25) is 5.02 Å². The quantitative estimate of drug-likeness (QED) is 0.892. The van der Waals surface area contributed by atoms with Crippen LogP contribution in [0.15, 0.2) is 18.2 Å².